The van der Waals surface area contributed by atoms with Gasteiger partial charge in [0, 0.05) is 76.0 Å². The van der Waals surface area contributed by atoms with E-state index in [1.54, 1.807) is 58.2 Å². The number of amides is 13. The number of fused-ring (bicyclic) bond motifs is 1. The highest BCUT2D eigenvalue weighted by Gasteiger charge is 2.38. The van der Waals surface area contributed by atoms with Crippen molar-refractivity contribution in [1.29, 1.82) is 27.0 Å². The monoisotopic (exact) mass is 1990 g/mol. The average molecular weight is 1990 g/mol. The number of aliphatic hydroxyl groups is 1. The molecule has 3 aromatic rings. The lowest BCUT2D eigenvalue weighted by atomic mass is 9.96. The van der Waals surface area contributed by atoms with Gasteiger partial charge in [-0.25, -0.2) is 4.79 Å². The molecule has 0 saturated heterocycles. The second-order valence-electron chi connectivity index (χ2n) is 35.1. The van der Waals surface area contributed by atoms with E-state index in [0.717, 1.165) is 39.0 Å². The molecule has 2 aromatic carbocycles. The van der Waals surface area contributed by atoms with Gasteiger partial charge in [-0.15, -0.1) is 0 Å². The van der Waals surface area contributed by atoms with Crippen LogP contribution in [0.25, 0.3) is 10.9 Å². The lowest BCUT2D eigenvalue weighted by Gasteiger charge is -2.29. The van der Waals surface area contributed by atoms with Gasteiger partial charge in [0.1, 0.15) is 78.3 Å². The highest BCUT2D eigenvalue weighted by Crippen LogP contribution is 2.22. The van der Waals surface area contributed by atoms with Gasteiger partial charge in [0.2, 0.25) is 76.8 Å². The lowest BCUT2D eigenvalue weighted by Crippen LogP contribution is -2.61. The maximum Gasteiger partial charge on any atom is 0.326 e. The predicted octanol–water partition coefficient (Wildman–Crippen LogP) is -1.98. The number of aromatic hydroxyl groups is 1. The van der Waals surface area contributed by atoms with E-state index in [1.165, 1.54) is 63.3 Å². The Kier molecular flexibility index (Phi) is 61.0. The van der Waals surface area contributed by atoms with Crippen molar-refractivity contribution in [1.82, 2.24) is 101 Å². The Labute approximate surface area is 823 Å². The van der Waals surface area contributed by atoms with Gasteiger partial charge in [0.05, 0.1) is 13.2 Å². The van der Waals surface area contributed by atoms with Crippen LogP contribution in [0, 0.1) is 38.9 Å². The van der Waals surface area contributed by atoms with Crippen molar-refractivity contribution < 1.29 is 92.3 Å². The third-order valence-corrected chi connectivity index (χ3v) is 22.6. The molecule has 0 aliphatic carbocycles. The SMILES string of the molecule is CC(=O)O.CCCCCCCCCCCCCC(=O)N[C@@H](CO)C(=O)N[C@H](C(=O)N[C@@H](Cc1ccc(O)cc1)C(=O)N[C@@H](CCCNC(=N)N)C(=O)N[C@@H](CCCNC(=N)N)C(=O)NCC(=O)N[C@@H](C)C(=O)N[C@@H](CCCNC(=N)N)C(=O)N[C@@H](CCCNC(=N)N)C(=O)N[C@@H](Cc1c[nH]c2ccccc12)C(=O)N[C@@H](CCCNC(=N)N)C(=O)N[C@@H](CCCCN)C(=O)N[C@@H](CC(C)C)C(=O)O)[C@@H](C)CC. The lowest BCUT2D eigenvalue weighted by molar-refractivity contribution is -0.143. The fourth-order valence-corrected chi connectivity index (χ4v) is 14.7. The minimum absolute atomic E-state index is 0.00384. The molecular weight excluding hydrogens is 1830 g/mol. The quantitative estimate of drug-likeness (QED) is 0.0165. The van der Waals surface area contributed by atoms with Crippen molar-refractivity contribution >= 4 is 129 Å². The van der Waals surface area contributed by atoms with E-state index < -0.39 is 210 Å². The van der Waals surface area contributed by atoms with Gasteiger partial charge in [-0.3, -0.25) is 94.2 Å². The fraction of sp³-hybridized carbons (Fsp3) is 0.630. The Morgan fingerprint density at radius 3 is 1.14 bits per heavy atom. The van der Waals surface area contributed by atoms with Crippen LogP contribution < -0.4 is 130 Å². The third-order valence-electron chi connectivity index (χ3n) is 22.6. The Hall–Kier alpha value is -13.9. The molecule has 0 spiro atoms. The number of carboxylic acid groups (broad SMARTS) is 2. The number of hydrogen-bond donors (Lipinski definition) is 34. The van der Waals surface area contributed by atoms with Gasteiger partial charge in [-0.05, 0) is 151 Å². The zero-order chi connectivity index (χ0) is 105. The molecule has 3 rings (SSSR count). The predicted molar refractivity (Wildman–Crippen MR) is 532 cm³/mol. The number of H-pyrrole nitrogens is 1. The number of carbonyl (C=O) groups excluding carboxylic acids is 13. The van der Waals surface area contributed by atoms with Gasteiger partial charge in [-0.2, -0.15) is 0 Å². The van der Waals surface area contributed by atoms with Crippen LogP contribution in [0.1, 0.15) is 233 Å². The first-order valence-electron chi connectivity index (χ1n) is 48.3. The summed E-state index contributed by atoms with van der Waals surface area (Å²) in [5.41, 5.74) is 35.3. The van der Waals surface area contributed by atoms with E-state index in [4.69, 9.17) is 71.3 Å². The largest absolute Gasteiger partial charge is 0.508 e. The molecule has 0 bridgehead atoms. The van der Waals surface area contributed by atoms with Crippen LogP contribution in [0.4, 0.5) is 0 Å². The summed E-state index contributed by atoms with van der Waals surface area (Å²) in [7, 11) is 0. The number of unbranched alkanes of at least 4 members (excludes halogenated alkanes) is 11. The molecule has 49 nitrogen and oxygen atoms in total. The molecule has 790 valence electrons. The second kappa shape index (κ2) is 69.8. The van der Waals surface area contributed by atoms with Crippen molar-refractivity contribution in [3.8, 4) is 5.75 Å². The summed E-state index contributed by atoms with van der Waals surface area (Å²) in [4.78, 5) is 212. The number of nitrogens with one attached hydrogen (secondary N) is 24. The van der Waals surface area contributed by atoms with E-state index in [9.17, 15) is 72.9 Å². The van der Waals surface area contributed by atoms with E-state index in [-0.39, 0.29) is 147 Å². The van der Waals surface area contributed by atoms with Crippen LogP contribution in [-0.2, 0) is 84.8 Å². The number of nitrogens with two attached hydrogens (primary N) is 6. The molecule has 0 radical (unpaired) electrons. The van der Waals surface area contributed by atoms with E-state index in [1.807, 2.05) is 0 Å². The Bertz CT molecular complexity index is 4480. The summed E-state index contributed by atoms with van der Waals surface area (Å²) in [6, 6.07) is -5.10. The first-order valence-corrected chi connectivity index (χ1v) is 48.3. The molecule has 0 fully saturated rings. The van der Waals surface area contributed by atoms with Crippen LogP contribution in [0.3, 0.4) is 0 Å². The van der Waals surface area contributed by atoms with E-state index >= 15 is 9.59 Å². The van der Waals surface area contributed by atoms with Gasteiger partial charge in [0.15, 0.2) is 29.8 Å². The number of carboxylic acids is 2. The average Bonchev–Trinajstić information content (AvgIpc) is 1.67. The van der Waals surface area contributed by atoms with Crippen molar-refractivity contribution in [3.05, 3.63) is 65.9 Å². The zero-order valence-electron chi connectivity index (χ0n) is 82.3. The molecule has 0 saturated carbocycles. The molecule has 0 unspecified atom stereocenters. The second-order valence-corrected chi connectivity index (χ2v) is 35.1. The molecule has 49 heteroatoms. The summed E-state index contributed by atoms with van der Waals surface area (Å²) < 4.78 is 0. The Balaban J connectivity index is 0.0000165. The van der Waals surface area contributed by atoms with Crippen molar-refractivity contribution in [2.45, 2.75) is 307 Å². The standard InChI is InChI=1S/C90H154N30O17.C2H4O2/c1-7-9-10-11-12-13-14-15-16-17-18-36-71(123)110-70(52-121)83(134)120-73(54(5)8-2)84(135)118-67(48-56-37-39-58(122)40-38-56)81(132)115-64(33-25-44-104-88(96)97)77(128)112-61(31-23-42-102-86(92)93)75(126)108-51-72(124)109-55(6)74(125)111-63(32-24-43-103-87(94)95)76(127)114-66(35-27-46-106-90(100)101)79(130)117-68(49-57-50-107-60-29-20-19-28-59(57)60)82(133)116-65(34-26-45-105-89(98)99)78(129)113-62(30-21-22-41-91)80(131)119-69(85(136)137)47-53(3)4;1-2(3)4/h19-20,28-29,37-40,50,53-55,61-70,73,107,121-122H,7-18,21-27,30-36,41-49,51-52,91H2,1-6H3,(H,108,126)(H,109,124)(H,110,123)(H,111,125)(H,112,128)(H,113,129)(H,114,127)(H,115,132)(H,116,133)(H,117,130)(H,118,135)(H,119,131)(H,120,134)(H,136,137)(H4,92,93,102)(H4,94,95,103)(H4,96,97,104)(H4,98,99,105)(H4,100,101,106);1H3,(H,3,4)/t54-,55-,61-,62-,63-,64-,65-,66-,67-,68-,69-,70-,73-;/m0./s1. The number of rotatable bonds is 71. The Morgan fingerprint density at radius 2 is 0.745 bits per heavy atom. The van der Waals surface area contributed by atoms with Gasteiger partial charge < -0.3 is 156 Å². The number of phenolic OH excluding ortho intramolecular Hbond substituents is 1. The highest BCUT2D eigenvalue weighted by molar-refractivity contribution is 6.00. The molecule has 1 heterocycles. The topological polar surface area (TPSA) is 845 Å². The van der Waals surface area contributed by atoms with Gasteiger partial charge in [-0.1, -0.05) is 136 Å². The molecule has 40 N–H and O–H groups in total. The van der Waals surface area contributed by atoms with Crippen molar-refractivity contribution in [2.75, 3.05) is 52.4 Å². The summed E-state index contributed by atoms with van der Waals surface area (Å²) >= 11 is 0. The van der Waals surface area contributed by atoms with Crippen molar-refractivity contribution in [3.63, 3.8) is 0 Å². The number of carbonyl (C=O) groups is 15. The van der Waals surface area contributed by atoms with Crippen LogP contribution in [0.15, 0.2) is 54.7 Å². The van der Waals surface area contributed by atoms with Gasteiger partial charge >= 0.3 is 5.97 Å². The molecular formula is C92H158N30O19. The van der Waals surface area contributed by atoms with Crippen LogP contribution in [0.2, 0.25) is 0 Å². The number of aliphatic carboxylic acids is 2. The van der Waals surface area contributed by atoms with E-state index in [2.05, 4.69) is 108 Å². The highest BCUT2D eigenvalue weighted by atomic mass is 16.4. The smallest absolute Gasteiger partial charge is 0.326 e. The number of guanidine groups is 5. The maximum atomic E-state index is 15.1. The molecule has 13 atom stereocenters. The summed E-state index contributed by atoms with van der Waals surface area (Å²) in [6.07, 6.45) is 13.2. The summed E-state index contributed by atoms with van der Waals surface area (Å²) in [5, 5.41) is 125. The Morgan fingerprint density at radius 1 is 0.383 bits per heavy atom. The summed E-state index contributed by atoms with van der Waals surface area (Å²) in [5.74, 6) is -16.8. The summed E-state index contributed by atoms with van der Waals surface area (Å²) in [6.45, 7) is 10.00. The zero-order valence-corrected chi connectivity index (χ0v) is 82.3. The number of hydrogen-bond acceptors (Lipinski definition) is 23. The minimum atomic E-state index is -1.58. The van der Waals surface area contributed by atoms with Crippen LogP contribution >= 0.6 is 0 Å². The maximum absolute atomic E-state index is 15.1. The molecule has 0 aliphatic rings. The van der Waals surface area contributed by atoms with Crippen LogP contribution in [-0.4, -0.2) is 269 Å². The molecule has 1 aromatic heterocycles. The molecule has 141 heavy (non-hydrogen) atoms. The third kappa shape index (κ3) is 53.7. The number of phenols is 1. The fourth-order valence-electron chi connectivity index (χ4n) is 14.7. The van der Waals surface area contributed by atoms with E-state index in [0.29, 0.717) is 47.7 Å². The van der Waals surface area contributed by atoms with Crippen molar-refractivity contribution in [2.24, 2.45) is 46.2 Å². The van der Waals surface area contributed by atoms with Crippen LogP contribution in [0.5, 0.6) is 5.75 Å². The normalized spacial score (nSPS) is 13.7. The first-order chi connectivity index (χ1) is 66.9. The number of aliphatic hydroxyl groups excluding tert-OH is 1. The number of benzene rings is 2. The minimum Gasteiger partial charge on any atom is -0.508 e. The number of aromatic nitrogens is 1. The van der Waals surface area contributed by atoms with Gasteiger partial charge in [0.25, 0.3) is 5.97 Å². The number of aromatic amines is 1. The molecule has 13 amide bonds. The number of para-hydroxylation sites is 1. The molecule has 0 aliphatic heterocycles. The first kappa shape index (κ1) is 123.